The first-order valence-corrected chi connectivity index (χ1v) is 7.36. The number of benzene rings is 1. The smallest absolute Gasteiger partial charge is 0.238 e. The molecular weight excluding hydrogens is 353 g/mol. The molecule has 90 valence electrons. The average Bonchev–Trinajstić information content (AvgIpc) is 2.58. The summed E-state index contributed by atoms with van der Waals surface area (Å²) in [6.07, 6.45) is 0. The van der Waals surface area contributed by atoms with Crippen molar-refractivity contribution < 1.29 is 8.42 Å². The zero-order valence-electron chi connectivity index (χ0n) is 8.94. The van der Waals surface area contributed by atoms with Crippen LogP contribution in [-0.2, 0) is 10.0 Å². The van der Waals surface area contributed by atoms with Gasteiger partial charge in [0.1, 0.15) is 3.70 Å². The van der Waals surface area contributed by atoms with Crippen LogP contribution in [0, 0.1) is 10.6 Å². The molecule has 0 spiro atoms. The second-order valence-corrected chi connectivity index (χ2v) is 6.17. The molecule has 0 amide bonds. The second kappa shape index (κ2) is 4.39. The van der Waals surface area contributed by atoms with Gasteiger partial charge in [-0.15, -0.1) is 0 Å². The molecule has 7 heteroatoms. The van der Waals surface area contributed by atoms with Gasteiger partial charge in [0.05, 0.1) is 4.90 Å². The minimum atomic E-state index is -3.63. The van der Waals surface area contributed by atoms with Crippen LogP contribution in [0.4, 0.5) is 0 Å². The fraction of sp³-hybridized carbons (Fsp3) is 0.100. The number of aromatic amines is 1. The van der Waals surface area contributed by atoms with Gasteiger partial charge in [-0.05, 0) is 47.2 Å². The first-order chi connectivity index (χ1) is 7.89. The molecule has 5 nitrogen and oxygen atoms in total. The highest BCUT2D eigenvalue weighted by molar-refractivity contribution is 14.1. The highest BCUT2D eigenvalue weighted by Crippen LogP contribution is 2.27. The number of primary sulfonamides is 1. The summed E-state index contributed by atoms with van der Waals surface area (Å²) in [4.78, 5) is 0.109. The molecule has 1 aromatic carbocycles. The molecule has 2 aromatic rings. The number of aromatic nitrogens is 2. The normalized spacial score (nSPS) is 11.7. The Bertz CT molecular complexity index is 627. The summed E-state index contributed by atoms with van der Waals surface area (Å²) in [7, 11) is -3.63. The van der Waals surface area contributed by atoms with Crippen molar-refractivity contribution in [1.82, 2.24) is 10.2 Å². The van der Waals surface area contributed by atoms with Crippen molar-refractivity contribution >= 4 is 32.6 Å². The van der Waals surface area contributed by atoms with Gasteiger partial charge in [-0.2, -0.15) is 5.10 Å². The van der Waals surface area contributed by atoms with Crippen LogP contribution >= 0.6 is 22.6 Å². The van der Waals surface area contributed by atoms with Gasteiger partial charge in [0.15, 0.2) is 0 Å². The van der Waals surface area contributed by atoms with E-state index in [2.05, 4.69) is 32.8 Å². The molecule has 0 saturated heterocycles. The first-order valence-electron chi connectivity index (χ1n) is 4.73. The van der Waals surface area contributed by atoms with E-state index in [1.165, 1.54) is 12.1 Å². The summed E-state index contributed by atoms with van der Waals surface area (Å²) >= 11 is 2.12. The van der Waals surface area contributed by atoms with Crippen LogP contribution in [0.25, 0.3) is 11.1 Å². The standard InChI is InChI=1S/C10H10IN3O2S/c1-6-9(10(11)14-13-6)7-2-4-8(5-3-7)17(12,15)16/h2-5H,1H3,(H,13,14)(H2,12,15,16). The number of hydrogen-bond acceptors (Lipinski definition) is 3. The number of aryl methyl sites for hydroxylation is 1. The fourth-order valence-electron chi connectivity index (χ4n) is 1.55. The highest BCUT2D eigenvalue weighted by Gasteiger charge is 2.12. The molecule has 0 saturated carbocycles. The Balaban J connectivity index is 2.50. The van der Waals surface area contributed by atoms with Crippen LogP contribution in [0.3, 0.4) is 0 Å². The number of H-pyrrole nitrogens is 1. The van der Waals surface area contributed by atoms with Gasteiger partial charge in [-0.25, -0.2) is 13.6 Å². The predicted molar refractivity (Wildman–Crippen MR) is 72.9 cm³/mol. The van der Waals surface area contributed by atoms with Crippen LogP contribution in [0.2, 0.25) is 0 Å². The highest BCUT2D eigenvalue weighted by atomic mass is 127. The molecule has 1 aromatic heterocycles. The number of nitrogens with zero attached hydrogens (tertiary/aromatic N) is 1. The minimum Gasteiger partial charge on any atom is -0.281 e. The van der Waals surface area contributed by atoms with Gasteiger partial charge in [0.25, 0.3) is 0 Å². The Kier molecular flexibility index (Phi) is 3.23. The summed E-state index contributed by atoms with van der Waals surface area (Å²) in [5.41, 5.74) is 2.83. The van der Waals surface area contributed by atoms with Crippen LogP contribution in [0.15, 0.2) is 29.2 Å². The summed E-state index contributed by atoms with van der Waals surface area (Å²) in [6, 6.07) is 6.43. The van der Waals surface area contributed by atoms with E-state index in [0.717, 1.165) is 20.5 Å². The van der Waals surface area contributed by atoms with E-state index in [9.17, 15) is 8.42 Å². The lowest BCUT2D eigenvalue weighted by atomic mass is 10.1. The third-order valence-corrected chi connectivity index (χ3v) is 4.08. The Morgan fingerprint density at radius 3 is 2.29 bits per heavy atom. The van der Waals surface area contributed by atoms with E-state index in [0.29, 0.717) is 0 Å². The van der Waals surface area contributed by atoms with Crippen LogP contribution in [0.5, 0.6) is 0 Å². The Morgan fingerprint density at radius 1 is 1.29 bits per heavy atom. The van der Waals surface area contributed by atoms with E-state index in [-0.39, 0.29) is 4.90 Å². The number of sulfonamides is 1. The molecule has 0 fully saturated rings. The maximum atomic E-state index is 11.1. The number of hydrogen-bond donors (Lipinski definition) is 2. The fourth-order valence-corrected chi connectivity index (χ4v) is 2.90. The van der Waals surface area contributed by atoms with Crippen LogP contribution < -0.4 is 5.14 Å². The van der Waals surface area contributed by atoms with Crippen molar-refractivity contribution in [2.24, 2.45) is 5.14 Å². The second-order valence-electron chi connectivity index (χ2n) is 3.58. The van der Waals surface area contributed by atoms with Crippen molar-refractivity contribution in [3.8, 4) is 11.1 Å². The lowest BCUT2D eigenvalue weighted by Crippen LogP contribution is -2.11. The van der Waals surface area contributed by atoms with Gasteiger partial charge in [-0.3, -0.25) is 5.10 Å². The van der Waals surface area contributed by atoms with Crippen molar-refractivity contribution in [3.05, 3.63) is 33.7 Å². The molecule has 2 rings (SSSR count). The molecule has 1 heterocycles. The predicted octanol–water partition coefficient (Wildman–Crippen LogP) is 1.64. The van der Waals surface area contributed by atoms with E-state index in [1.54, 1.807) is 12.1 Å². The van der Waals surface area contributed by atoms with Crippen molar-refractivity contribution in [2.45, 2.75) is 11.8 Å². The quantitative estimate of drug-likeness (QED) is 0.795. The van der Waals surface area contributed by atoms with Crippen molar-refractivity contribution in [1.29, 1.82) is 0 Å². The third kappa shape index (κ3) is 2.50. The van der Waals surface area contributed by atoms with Gasteiger partial charge in [-0.1, -0.05) is 12.1 Å². The molecule has 0 radical (unpaired) electrons. The largest absolute Gasteiger partial charge is 0.281 e. The van der Waals surface area contributed by atoms with E-state index in [4.69, 9.17) is 5.14 Å². The number of halogens is 1. The molecule has 0 aliphatic heterocycles. The van der Waals surface area contributed by atoms with Crippen LogP contribution in [-0.4, -0.2) is 18.6 Å². The summed E-state index contributed by atoms with van der Waals surface area (Å²) in [6.45, 7) is 1.91. The molecule has 0 aliphatic rings. The molecule has 0 unspecified atom stereocenters. The number of rotatable bonds is 2. The maximum Gasteiger partial charge on any atom is 0.238 e. The van der Waals surface area contributed by atoms with Crippen molar-refractivity contribution in [3.63, 3.8) is 0 Å². The Morgan fingerprint density at radius 2 is 1.88 bits per heavy atom. The first kappa shape index (κ1) is 12.5. The molecular formula is C10H10IN3O2S. The monoisotopic (exact) mass is 363 g/mol. The van der Waals surface area contributed by atoms with Crippen molar-refractivity contribution in [2.75, 3.05) is 0 Å². The topological polar surface area (TPSA) is 88.8 Å². The Labute approximate surface area is 113 Å². The SMILES string of the molecule is Cc1[nH]nc(I)c1-c1ccc(S(N)(=O)=O)cc1. The molecule has 3 N–H and O–H groups in total. The molecule has 0 aliphatic carbocycles. The number of nitrogens with two attached hydrogens (primary N) is 1. The zero-order chi connectivity index (χ0) is 12.6. The van der Waals surface area contributed by atoms with Gasteiger partial charge in [0.2, 0.25) is 10.0 Å². The third-order valence-electron chi connectivity index (χ3n) is 2.37. The molecule has 17 heavy (non-hydrogen) atoms. The van der Waals surface area contributed by atoms with E-state index < -0.39 is 10.0 Å². The van der Waals surface area contributed by atoms with E-state index in [1.807, 2.05) is 6.92 Å². The van der Waals surface area contributed by atoms with E-state index >= 15 is 0 Å². The summed E-state index contributed by atoms with van der Waals surface area (Å²) in [5, 5.41) is 12.0. The summed E-state index contributed by atoms with van der Waals surface area (Å²) < 4.78 is 23.1. The average molecular weight is 363 g/mol. The summed E-state index contributed by atoms with van der Waals surface area (Å²) in [5.74, 6) is 0. The number of nitrogens with one attached hydrogen (secondary N) is 1. The van der Waals surface area contributed by atoms with Gasteiger partial charge >= 0.3 is 0 Å². The van der Waals surface area contributed by atoms with Crippen LogP contribution in [0.1, 0.15) is 5.69 Å². The lowest BCUT2D eigenvalue weighted by Gasteiger charge is -2.02. The van der Waals surface area contributed by atoms with Gasteiger partial charge < -0.3 is 0 Å². The zero-order valence-corrected chi connectivity index (χ0v) is 11.9. The minimum absolute atomic E-state index is 0.109. The Hall–Kier alpha value is -0.930. The maximum absolute atomic E-state index is 11.1. The molecule has 0 bridgehead atoms. The van der Waals surface area contributed by atoms with Gasteiger partial charge in [0, 0.05) is 11.3 Å². The molecule has 0 atom stereocenters. The lowest BCUT2D eigenvalue weighted by molar-refractivity contribution is 0.598.